The summed E-state index contributed by atoms with van der Waals surface area (Å²) in [7, 11) is 1.54. The summed E-state index contributed by atoms with van der Waals surface area (Å²) in [5.74, 6) is -0.703. The fraction of sp³-hybridized carbons (Fsp3) is 0.261. The summed E-state index contributed by atoms with van der Waals surface area (Å²) in [5.41, 5.74) is 1.62. The Kier molecular flexibility index (Phi) is 5.52. The largest absolute Gasteiger partial charge is 0.495 e. The van der Waals surface area contributed by atoms with Crippen LogP contribution in [0.15, 0.2) is 54.7 Å². The van der Waals surface area contributed by atoms with Crippen molar-refractivity contribution in [3.05, 3.63) is 60.3 Å². The number of benzene rings is 2. The van der Waals surface area contributed by atoms with Crippen LogP contribution in [0.25, 0.3) is 10.9 Å². The summed E-state index contributed by atoms with van der Waals surface area (Å²) in [4.78, 5) is 39.8. The van der Waals surface area contributed by atoms with Crippen molar-refractivity contribution in [3.63, 3.8) is 0 Å². The maximum absolute atomic E-state index is 12.9. The van der Waals surface area contributed by atoms with E-state index in [1.165, 1.54) is 0 Å². The van der Waals surface area contributed by atoms with Gasteiger partial charge in [-0.05, 0) is 31.0 Å². The molecular weight excluding hydrogens is 382 g/mol. The minimum atomic E-state index is -0.531. The Labute approximate surface area is 174 Å². The number of carbonyl (C=O) groups is 3. The molecule has 0 unspecified atom stereocenters. The molecule has 1 saturated heterocycles. The predicted molar refractivity (Wildman–Crippen MR) is 114 cm³/mol. The average molecular weight is 405 g/mol. The van der Waals surface area contributed by atoms with Crippen LogP contribution in [-0.4, -0.2) is 47.3 Å². The zero-order valence-electron chi connectivity index (χ0n) is 16.8. The van der Waals surface area contributed by atoms with Crippen molar-refractivity contribution in [1.82, 2.24) is 9.47 Å². The second-order valence-corrected chi connectivity index (χ2v) is 7.26. The van der Waals surface area contributed by atoms with Crippen LogP contribution in [0.4, 0.5) is 5.69 Å². The number of carbonyl (C=O) groups excluding carboxylic acids is 3. The maximum Gasteiger partial charge on any atom is 0.295 e. The van der Waals surface area contributed by atoms with E-state index in [9.17, 15) is 14.4 Å². The van der Waals surface area contributed by atoms with Gasteiger partial charge in [0.25, 0.3) is 11.7 Å². The Morgan fingerprint density at radius 3 is 2.47 bits per heavy atom. The van der Waals surface area contributed by atoms with Gasteiger partial charge in [0.15, 0.2) is 0 Å². The SMILES string of the molecule is COc1ccccc1NC(=O)Cn1cc(C(=O)C(=O)N2CCCC2)c2ccccc21. The van der Waals surface area contributed by atoms with E-state index < -0.39 is 11.7 Å². The number of ether oxygens (including phenoxy) is 1. The lowest BCUT2D eigenvalue weighted by Crippen LogP contribution is -2.34. The van der Waals surface area contributed by atoms with Crippen molar-refractivity contribution in [2.24, 2.45) is 0 Å². The molecule has 0 atom stereocenters. The highest BCUT2D eigenvalue weighted by Gasteiger charge is 2.28. The van der Waals surface area contributed by atoms with Crippen molar-refractivity contribution in [2.75, 3.05) is 25.5 Å². The first-order valence-electron chi connectivity index (χ1n) is 9.93. The Bertz CT molecular complexity index is 1110. The summed E-state index contributed by atoms with van der Waals surface area (Å²) >= 11 is 0. The van der Waals surface area contributed by atoms with Gasteiger partial charge in [0, 0.05) is 30.2 Å². The number of hydrogen-bond donors (Lipinski definition) is 1. The van der Waals surface area contributed by atoms with Crippen LogP contribution in [0.2, 0.25) is 0 Å². The molecule has 0 saturated carbocycles. The number of ketones is 1. The Morgan fingerprint density at radius 2 is 1.70 bits per heavy atom. The number of aromatic nitrogens is 1. The molecule has 7 heteroatoms. The van der Waals surface area contributed by atoms with Gasteiger partial charge < -0.3 is 19.5 Å². The molecule has 3 aromatic rings. The van der Waals surface area contributed by atoms with Crippen LogP contribution in [0, 0.1) is 0 Å². The number of anilines is 1. The van der Waals surface area contributed by atoms with E-state index in [0.717, 1.165) is 18.4 Å². The third kappa shape index (κ3) is 3.78. The lowest BCUT2D eigenvalue weighted by Gasteiger charge is -2.13. The Balaban J connectivity index is 1.59. The van der Waals surface area contributed by atoms with E-state index in [1.807, 2.05) is 30.3 Å². The minimum Gasteiger partial charge on any atom is -0.495 e. The highest BCUT2D eigenvalue weighted by Crippen LogP contribution is 2.25. The molecule has 0 radical (unpaired) electrons. The van der Waals surface area contributed by atoms with Crippen LogP contribution in [0.5, 0.6) is 5.75 Å². The zero-order valence-corrected chi connectivity index (χ0v) is 16.8. The van der Waals surface area contributed by atoms with Gasteiger partial charge in [0.1, 0.15) is 12.3 Å². The van der Waals surface area contributed by atoms with E-state index in [4.69, 9.17) is 4.74 Å². The van der Waals surface area contributed by atoms with E-state index in [2.05, 4.69) is 5.32 Å². The van der Waals surface area contributed by atoms with Crippen LogP contribution in [0.1, 0.15) is 23.2 Å². The molecule has 7 nitrogen and oxygen atoms in total. The molecule has 0 bridgehead atoms. The second-order valence-electron chi connectivity index (χ2n) is 7.26. The van der Waals surface area contributed by atoms with Gasteiger partial charge in [-0.25, -0.2) is 0 Å². The number of rotatable bonds is 6. The lowest BCUT2D eigenvalue weighted by atomic mass is 10.1. The van der Waals surface area contributed by atoms with Crippen molar-refractivity contribution in [2.45, 2.75) is 19.4 Å². The molecule has 0 aliphatic carbocycles. The number of amides is 2. The molecule has 1 aromatic heterocycles. The highest BCUT2D eigenvalue weighted by molar-refractivity contribution is 6.44. The van der Waals surface area contributed by atoms with Crippen molar-refractivity contribution in [1.29, 1.82) is 0 Å². The summed E-state index contributed by atoms with van der Waals surface area (Å²) < 4.78 is 6.97. The molecule has 30 heavy (non-hydrogen) atoms. The van der Waals surface area contributed by atoms with Gasteiger partial charge in [0.05, 0.1) is 18.4 Å². The number of likely N-dealkylation sites (tertiary alicyclic amines) is 1. The van der Waals surface area contributed by atoms with Crippen LogP contribution in [-0.2, 0) is 16.1 Å². The number of para-hydroxylation sites is 3. The molecule has 1 N–H and O–H groups in total. The first-order valence-corrected chi connectivity index (χ1v) is 9.93. The lowest BCUT2D eigenvalue weighted by molar-refractivity contribution is -0.125. The Morgan fingerprint density at radius 1 is 1.00 bits per heavy atom. The molecular formula is C23H23N3O4. The molecule has 2 amide bonds. The standard InChI is InChI=1S/C23H23N3O4/c1-30-20-11-5-3-9-18(20)24-21(27)15-26-14-17(16-8-2-4-10-19(16)26)22(28)23(29)25-12-6-7-13-25/h2-5,8-11,14H,6-7,12-13,15H2,1H3,(H,24,27). The van der Waals surface area contributed by atoms with Gasteiger partial charge in [-0.3, -0.25) is 14.4 Å². The second kappa shape index (κ2) is 8.41. The van der Waals surface area contributed by atoms with Crippen molar-refractivity contribution in [3.8, 4) is 5.75 Å². The minimum absolute atomic E-state index is 0.00372. The van der Waals surface area contributed by atoms with Gasteiger partial charge in [0.2, 0.25) is 5.91 Å². The fourth-order valence-corrected chi connectivity index (χ4v) is 3.83. The van der Waals surface area contributed by atoms with Crippen LogP contribution >= 0.6 is 0 Å². The smallest absolute Gasteiger partial charge is 0.295 e. The molecule has 1 fully saturated rings. The summed E-state index contributed by atoms with van der Waals surface area (Å²) in [6.07, 6.45) is 3.44. The van der Waals surface area contributed by atoms with E-state index >= 15 is 0 Å². The average Bonchev–Trinajstić information content (AvgIpc) is 3.42. The number of nitrogens with one attached hydrogen (secondary N) is 1. The maximum atomic E-state index is 12.9. The van der Waals surface area contributed by atoms with E-state index in [1.54, 1.807) is 41.0 Å². The van der Waals surface area contributed by atoms with Crippen LogP contribution in [0.3, 0.4) is 0 Å². The summed E-state index contributed by atoms with van der Waals surface area (Å²) in [6.45, 7) is 1.23. The van der Waals surface area contributed by atoms with E-state index in [-0.39, 0.29) is 12.5 Å². The monoisotopic (exact) mass is 405 g/mol. The third-order valence-electron chi connectivity index (χ3n) is 5.32. The number of Topliss-reactive ketones (excluding diaryl/α,β-unsaturated/α-hetero) is 1. The molecule has 2 heterocycles. The topological polar surface area (TPSA) is 80.6 Å². The molecule has 4 rings (SSSR count). The molecule has 1 aliphatic rings. The molecule has 1 aliphatic heterocycles. The number of methoxy groups -OCH3 is 1. The zero-order chi connectivity index (χ0) is 21.1. The normalized spacial score (nSPS) is 13.4. The molecule has 0 spiro atoms. The quantitative estimate of drug-likeness (QED) is 0.505. The fourth-order valence-electron chi connectivity index (χ4n) is 3.83. The van der Waals surface area contributed by atoms with Gasteiger partial charge in [-0.15, -0.1) is 0 Å². The van der Waals surface area contributed by atoms with Gasteiger partial charge >= 0.3 is 0 Å². The predicted octanol–water partition coefficient (Wildman–Crippen LogP) is 3.09. The molecule has 154 valence electrons. The third-order valence-corrected chi connectivity index (χ3v) is 5.32. The molecule has 2 aromatic carbocycles. The summed E-state index contributed by atoms with van der Waals surface area (Å²) in [6, 6.07) is 14.5. The summed E-state index contributed by atoms with van der Waals surface area (Å²) in [5, 5.41) is 3.50. The van der Waals surface area contributed by atoms with Crippen molar-refractivity contribution >= 4 is 34.2 Å². The first kappa shape index (κ1) is 19.7. The highest BCUT2D eigenvalue weighted by atomic mass is 16.5. The van der Waals surface area contributed by atoms with E-state index in [0.29, 0.717) is 35.5 Å². The van der Waals surface area contributed by atoms with Gasteiger partial charge in [-0.2, -0.15) is 0 Å². The number of hydrogen-bond acceptors (Lipinski definition) is 4. The van der Waals surface area contributed by atoms with Gasteiger partial charge in [-0.1, -0.05) is 30.3 Å². The van der Waals surface area contributed by atoms with Crippen molar-refractivity contribution < 1.29 is 19.1 Å². The first-order chi connectivity index (χ1) is 14.6. The number of nitrogens with zero attached hydrogens (tertiary/aromatic N) is 2. The Hall–Kier alpha value is -3.61. The van der Waals surface area contributed by atoms with Crippen LogP contribution < -0.4 is 10.1 Å². The number of fused-ring (bicyclic) bond motifs is 1.